The molecule has 1 aromatic carbocycles. The van der Waals surface area contributed by atoms with Gasteiger partial charge in [-0.2, -0.15) is 4.98 Å². The number of halogens is 1. The van der Waals surface area contributed by atoms with Gasteiger partial charge in [0, 0.05) is 11.4 Å². The summed E-state index contributed by atoms with van der Waals surface area (Å²) in [5.74, 6) is 0.632. The molecular weight excluding hydrogens is 270 g/mol. The Morgan fingerprint density at radius 3 is 2.89 bits per heavy atom. The number of nitrogens with one attached hydrogen (secondary N) is 1. The topological polar surface area (TPSA) is 89.1 Å². The van der Waals surface area contributed by atoms with Crippen molar-refractivity contribution in [2.45, 2.75) is 19.9 Å². The third-order valence-corrected chi connectivity index (χ3v) is 2.90. The average Bonchev–Trinajstić information content (AvgIpc) is 2.74. The first-order valence-electron chi connectivity index (χ1n) is 5.68. The average molecular weight is 282 g/mol. The van der Waals surface area contributed by atoms with Crippen LogP contribution in [0.3, 0.4) is 0 Å². The van der Waals surface area contributed by atoms with E-state index >= 15 is 0 Å². The summed E-state index contributed by atoms with van der Waals surface area (Å²) in [6, 6.07) is 7.28. The van der Waals surface area contributed by atoms with Crippen molar-refractivity contribution in [1.29, 1.82) is 0 Å². The summed E-state index contributed by atoms with van der Waals surface area (Å²) >= 11 is 6.06. The van der Waals surface area contributed by atoms with Gasteiger partial charge in [0.15, 0.2) is 5.03 Å². The summed E-state index contributed by atoms with van der Waals surface area (Å²) in [6.07, 6.45) is 0.635. The van der Waals surface area contributed by atoms with Crippen molar-refractivity contribution >= 4 is 11.6 Å². The second-order valence-electron chi connectivity index (χ2n) is 3.84. The molecule has 0 saturated heterocycles. The maximum absolute atomic E-state index is 10.5. The van der Waals surface area contributed by atoms with Gasteiger partial charge >= 0.3 is 5.62 Å². The number of aryl methyl sites for hydroxylation is 1. The van der Waals surface area contributed by atoms with Crippen LogP contribution >= 0.6 is 11.6 Å². The van der Waals surface area contributed by atoms with Crippen LogP contribution in [0.25, 0.3) is 0 Å². The quantitative estimate of drug-likeness (QED) is 0.681. The lowest BCUT2D eigenvalue weighted by atomic mass is 10.2. The van der Waals surface area contributed by atoms with E-state index in [0.717, 1.165) is 5.56 Å². The Balaban J connectivity index is 2.42. The molecule has 0 amide bonds. The first-order chi connectivity index (χ1) is 9.10. The Kier molecular flexibility index (Phi) is 3.96. The fraction of sp³-hybridized carbons (Fsp3) is 0.273. The van der Waals surface area contributed by atoms with Crippen molar-refractivity contribution < 1.29 is 5.03 Å². The number of nitro groups is 1. The third kappa shape index (κ3) is 3.19. The van der Waals surface area contributed by atoms with Crippen LogP contribution in [0.4, 0.5) is 0 Å². The molecule has 2 aromatic rings. The molecule has 0 bridgehead atoms. The first-order valence-corrected chi connectivity index (χ1v) is 6.06. The lowest BCUT2D eigenvalue weighted by Crippen LogP contribution is -2.22. The van der Waals surface area contributed by atoms with Crippen LogP contribution in [0.5, 0.6) is 0 Å². The summed E-state index contributed by atoms with van der Waals surface area (Å²) in [5, 5.41) is 16.5. The van der Waals surface area contributed by atoms with Crippen molar-refractivity contribution in [3.8, 4) is 0 Å². The highest BCUT2D eigenvalue weighted by Crippen LogP contribution is 2.15. The molecule has 0 aliphatic rings. The molecular formula is C11H12ClN5O2. The number of hydrogen-bond donors (Lipinski definition) is 1. The highest BCUT2D eigenvalue weighted by atomic mass is 35.5. The second-order valence-corrected chi connectivity index (χ2v) is 4.25. The lowest BCUT2D eigenvalue weighted by Gasteiger charge is -2.04. The Labute approximate surface area is 113 Å². The van der Waals surface area contributed by atoms with Gasteiger partial charge in [0.25, 0.3) is 0 Å². The van der Waals surface area contributed by atoms with Gasteiger partial charge in [-0.25, -0.2) is 14.8 Å². The van der Waals surface area contributed by atoms with Gasteiger partial charge in [0.2, 0.25) is 0 Å². The molecule has 0 saturated carbocycles. The largest absolute Gasteiger partial charge is 0.318 e. The van der Waals surface area contributed by atoms with E-state index in [2.05, 4.69) is 15.2 Å². The van der Waals surface area contributed by atoms with Crippen LogP contribution in [0.2, 0.25) is 5.02 Å². The lowest BCUT2D eigenvalue weighted by molar-refractivity contribution is -0.491. The zero-order chi connectivity index (χ0) is 13.8. The van der Waals surface area contributed by atoms with E-state index in [1.807, 2.05) is 25.1 Å². The van der Waals surface area contributed by atoms with Gasteiger partial charge in [0.1, 0.15) is 10.9 Å². The molecule has 0 spiro atoms. The van der Waals surface area contributed by atoms with Gasteiger partial charge in [-0.3, -0.25) is 5.10 Å². The number of benzene rings is 1. The van der Waals surface area contributed by atoms with Crippen LogP contribution in [-0.4, -0.2) is 19.8 Å². The van der Waals surface area contributed by atoms with E-state index in [-0.39, 0.29) is 5.62 Å². The molecule has 7 nitrogen and oxygen atoms in total. The number of H-pyrrole nitrogens is 1. The third-order valence-electron chi connectivity index (χ3n) is 2.53. The predicted molar refractivity (Wildman–Crippen MR) is 69.1 cm³/mol. The van der Waals surface area contributed by atoms with Gasteiger partial charge in [-0.1, -0.05) is 36.7 Å². The Hall–Kier alpha value is -2.15. The second kappa shape index (κ2) is 5.66. The fourth-order valence-electron chi connectivity index (χ4n) is 1.63. The van der Waals surface area contributed by atoms with Crippen molar-refractivity contribution in [3.63, 3.8) is 0 Å². The number of nitrogens with zero attached hydrogens (tertiary/aromatic N) is 4. The molecule has 1 aromatic heterocycles. The molecule has 8 heteroatoms. The van der Waals surface area contributed by atoms with E-state index in [4.69, 9.17) is 11.6 Å². The summed E-state index contributed by atoms with van der Waals surface area (Å²) in [5.41, 5.74) is 0.863. The molecule has 0 unspecified atom stereocenters. The minimum atomic E-state index is -0.765. The summed E-state index contributed by atoms with van der Waals surface area (Å²) < 4.78 is 1.50. The molecule has 19 heavy (non-hydrogen) atoms. The highest BCUT2D eigenvalue weighted by molar-refractivity contribution is 6.31. The Morgan fingerprint density at radius 1 is 1.53 bits per heavy atom. The van der Waals surface area contributed by atoms with E-state index in [1.54, 1.807) is 6.07 Å². The van der Waals surface area contributed by atoms with Crippen LogP contribution in [0, 0.1) is 10.1 Å². The van der Waals surface area contributed by atoms with Gasteiger partial charge in [-0.15, -0.1) is 0 Å². The minimum absolute atomic E-state index is 0.0294. The smallest absolute Gasteiger partial charge is 0.282 e. The number of hydrogen-bond acceptors (Lipinski definition) is 3. The molecule has 0 aliphatic carbocycles. The first kappa shape index (κ1) is 13.3. The zero-order valence-corrected chi connectivity index (χ0v) is 11.0. The van der Waals surface area contributed by atoms with Crippen LogP contribution in [0.15, 0.2) is 29.4 Å². The highest BCUT2D eigenvalue weighted by Gasteiger charge is 2.08. The standard InChI is InChI=1S/C11H12ClN5O2/c1-2-10-13-11(15-17(18)19)16(14-10)7-8-5-3-4-6-9(8)12/h3-6H,2,7H2,1H3,(H,13,14,15). The Morgan fingerprint density at radius 2 is 2.26 bits per heavy atom. The van der Waals surface area contributed by atoms with E-state index in [0.29, 0.717) is 23.8 Å². The normalized spacial score (nSPS) is 11.8. The number of rotatable bonds is 4. The molecule has 0 aliphatic heterocycles. The molecule has 0 radical (unpaired) electrons. The maximum atomic E-state index is 10.5. The van der Waals surface area contributed by atoms with E-state index in [9.17, 15) is 10.1 Å². The summed E-state index contributed by atoms with van der Waals surface area (Å²) in [4.78, 5) is 14.5. The van der Waals surface area contributed by atoms with Crippen molar-refractivity contribution in [1.82, 2.24) is 14.8 Å². The Bertz CT molecular complexity index is 661. The molecule has 1 N–H and O–H groups in total. The van der Waals surface area contributed by atoms with Crippen LogP contribution in [0.1, 0.15) is 18.3 Å². The van der Waals surface area contributed by atoms with Gasteiger partial charge in [0.05, 0.1) is 6.54 Å². The summed E-state index contributed by atoms with van der Waals surface area (Å²) in [7, 11) is 0. The van der Waals surface area contributed by atoms with E-state index in [1.165, 1.54) is 4.68 Å². The SMILES string of the molecule is CCc1n/c(=N\[N+](=O)[O-])n(Cc2ccccc2Cl)[nH]1. The molecule has 100 valence electrons. The molecule has 0 atom stereocenters. The van der Waals surface area contributed by atoms with Crippen molar-refractivity contribution in [2.75, 3.05) is 0 Å². The molecule has 1 heterocycles. The van der Waals surface area contributed by atoms with Crippen LogP contribution in [-0.2, 0) is 13.0 Å². The van der Waals surface area contributed by atoms with Gasteiger partial charge in [-0.05, 0) is 11.6 Å². The van der Waals surface area contributed by atoms with E-state index < -0.39 is 5.03 Å². The minimum Gasteiger partial charge on any atom is -0.282 e. The van der Waals surface area contributed by atoms with Crippen LogP contribution < -0.4 is 5.62 Å². The summed E-state index contributed by atoms with van der Waals surface area (Å²) in [6.45, 7) is 2.24. The molecule has 0 fully saturated rings. The predicted octanol–water partition coefficient (Wildman–Crippen LogP) is 1.57. The van der Waals surface area contributed by atoms with Crippen molar-refractivity contribution in [2.24, 2.45) is 5.10 Å². The number of aromatic amines is 1. The zero-order valence-electron chi connectivity index (χ0n) is 10.2. The fourth-order valence-corrected chi connectivity index (χ4v) is 1.82. The van der Waals surface area contributed by atoms with Gasteiger partial charge < -0.3 is 0 Å². The number of aromatic nitrogens is 3. The maximum Gasteiger partial charge on any atom is 0.318 e. The monoisotopic (exact) mass is 281 g/mol. The molecule has 2 rings (SSSR count). The van der Waals surface area contributed by atoms with Crippen molar-refractivity contribution in [3.05, 3.63) is 56.4 Å².